The highest BCUT2D eigenvalue weighted by atomic mass is 31.2. The van der Waals surface area contributed by atoms with Gasteiger partial charge < -0.3 is 24.6 Å². The molecule has 0 fully saturated rings. The second kappa shape index (κ2) is 36.7. The summed E-state index contributed by atoms with van der Waals surface area (Å²) in [6, 6.07) is 0. The second-order valence-corrected chi connectivity index (χ2v) is 14.8. The van der Waals surface area contributed by atoms with Gasteiger partial charge in [-0.3, -0.25) is 13.8 Å². The lowest BCUT2D eigenvalue weighted by molar-refractivity contribution is -0.154. The summed E-state index contributed by atoms with van der Waals surface area (Å²) in [5.41, 5.74) is 0. The van der Waals surface area contributed by atoms with E-state index in [1.54, 1.807) is 0 Å². The van der Waals surface area contributed by atoms with E-state index in [9.17, 15) is 19.4 Å². The topological polar surface area (TPSA) is 132 Å². The van der Waals surface area contributed by atoms with Gasteiger partial charge in [-0.15, -0.1) is 0 Å². The number of phosphoric ester groups is 1. The molecule has 10 heteroatoms. The molecule has 9 nitrogen and oxygen atoms in total. The maximum absolute atomic E-state index is 12.6. The Morgan fingerprint density at radius 1 is 0.633 bits per heavy atom. The van der Waals surface area contributed by atoms with E-state index in [2.05, 4.69) is 38.2 Å². The Morgan fingerprint density at radius 3 is 1.67 bits per heavy atom. The van der Waals surface area contributed by atoms with Gasteiger partial charge in [0.2, 0.25) is 0 Å². The van der Waals surface area contributed by atoms with Crippen molar-refractivity contribution in [3.8, 4) is 0 Å². The molecule has 0 radical (unpaired) electrons. The predicted octanol–water partition coefficient (Wildman–Crippen LogP) is 10.3. The van der Waals surface area contributed by atoms with E-state index in [0.717, 1.165) is 51.4 Å². The Balaban J connectivity index is 4.23. The predicted molar refractivity (Wildman–Crippen MR) is 201 cm³/mol. The van der Waals surface area contributed by atoms with Crippen molar-refractivity contribution in [2.75, 3.05) is 33.0 Å². The van der Waals surface area contributed by atoms with Gasteiger partial charge in [-0.25, -0.2) is 4.57 Å². The number of hydrogen-bond acceptors (Lipinski definition) is 8. The van der Waals surface area contributed by atoms with E-state index in [1.807, 2.05) is 0 Å². The number of allylic oxidation sites excluding steroid dienone is 4. The summed E-state index contributed by atoms with van der Waals surface area (Å²) in [6.07, 6.45) is 35.5. The summed E-state index contributed by atoms with van der Waals surface area (Å²) in [7, 11) is -4.51. The third kappa shape index (κ3) is 36.5. The molecule has 3 N–H and O–H groups in total. The van der Waals surface area contributed by atoms with Crippen LogP contribution in [0.4, 0.5) is 0 Å². The minimum absolute atomic E-state index is 0.0471. The van der Waals surface area contributed by atoms with Crippen LogP contribution in [0.25, 0.3) is 0 Å². The van der Waals surface area contributed by atoms with Gasteiger partial charge in [-0.1, -0.05) is 147 Å². The van der Waals surface area contributed by atoms with Crippen LogP contribution in [-0.4, -0.2) is 66.3 Å². The molecule has 0 heterocycles. The lowest BCUT2D eigenvalue weighted by Crippen LogP contribution is -2.29. The number of carbonyl (C=O) groups excluding carboxylic acids is 1. The monoisotopic (exact) mass is 719 g/mol. The lowest BCUT2D eigenvalue weighted by Gasteiger charge is -2.20. The zero-order valence-electron chi connectivity index (χ0n) is 31.4. The van der Waals surface area contributed by atoms with Crippen LogP contribution in [-0.2, 0) is 27.9 Å². The molecule has 0 aliphatic heterocycles. The van der Waals surface area contributed by atoms with Crippen molar-refractivity contribution in [1.82, 2.24) is 0 Å². The van der Waals surface area contributed by atoms with Crippen molar-refractivity contribution in [3.05, 3.63) is 24.3 Å². The average Bonchev–Trinajstić information content (AvgIpc) is 3.09. The molecule has 0 aliphatic carbocycles. The van der Waals surface area contributed by atoms with Crippen LogP contribution in [0.1, 0.15) is 174 Å². The molecule has 0 spiro atoms. The van der Waals surface area contributed by atoms with Crippen LogP contribution in [0.5, 0.6) is 0 Å². The standard InChI is InChI=1S/C39H75O9P/c1-3-5-7-9-11-13-15-17-18-19-21-23-25-27-29-31-39(42)48-38(36-47-49(43,44)46-34-37(41)33-40)35-45-32-30-28-26-24-22-20-16-14-12-10-8-6-4-2/h11,13,17-18,37-38,40-41H,3-10,12,14-16,19-36H2,1-2H3,(H,43,44)/b13-11-,18-17-. The third-order valence-electron chi connectivity index (χ3n) is 8.39. The van der Waals surface area contributed by atoms with Crippen LogP contribution in [0, 0.1) is 0 Å². The molecule has 0 bridgehead atoms. The van der Waals surface area contributed by atoms with Gasteiger partial charge in [0.05, 0.1) is 26.4 Å². The Hall–Kier alpha value is -1.06. The van der Waals surface area contributed by atoms with E-state index < -0.39 is 39.2 Å². The molecular formula is C39H75O9P. The number of esters is 1. The van der Waals surface area contributed by atoms with E-state index in [4.69, 9.17) is 23.6 Å². The zero-order valence-corrected chi connectivity index (χ0v) is 32.3. The first-order chi connectivity index (χ1) is 23.8. The Kier molecular flexibility index (Phi) is 35.9. The first-order valence-corrected chi connectivity index (χ1v) is 21.3. The van der Waals surface area contributed by atoms with Crippen molar-refractivity contribution in [1.29, 1.82) is 0 Å². The number of aliphatic hydroxyl groups excluding tert-OH is 2. The highest BCUT2D eigenvalue weighted by Crippen LogP contribution is 2.43. The quantitative estimate of drug-likeness (QED) is 0.0247. The van der Waals surface area contributed by atoms with Gasteiger partial charge in [0.15, 0.2) is 0 Å². The van der Waals surface area contributed by atoms with Gasteiger partial charge in [-0.2, -0.15) is 0 Å². The summed E-state index contributed by atoms with van der Waals surface area (Å²) in [6.45, 7) is 3.48. The summed E-state index contributed by atoms with van der Waals surface area (Å²) in [5, 5.41) is 18.3. The van der Waals surface area contributed by atoms with Gasteiger partial charge in [0.25, 0.3) is 0 Å². The summed E-state index contributed by atoms with van der Waals surface area (Å²) in [5.74, 6) is -0.395. The fourth-order valence-corrected chi connectivity index (χ4v) is 6.12. The second-order valence-electron chi connectivity index (χ2n) is 13.3. The minimum atomic E-state index is -4.51. The fourth-order valence-electron chi connectivity index (χ4n) is 5.33. The molecule has 0 amide bonds. The molecule has 3 unspecified atom stereocenters. The van der Waals surface area contributed by atoms with E-state index in [-0.39, 0.29) is 19.6 Å². The normalized spacial score (nSPS) is 14.5. The van der Waals surface area contributed by atoms with E-state index >= 15 is 0 Å². The number of aliphatic hydroxyl groups is 2. The highest BCUT2D eigenvalue weighted by molar-refractivity contribution is 7.47. The first-order valence-electron chi connectivity index (χ1n) is 19.8. The van der Waals surface area contributed by atoms with Crippen LogP contribution < -0.4 is 0 Å². The maximum Gasteiger partial charge on any atom is 0.472 e. The van der Waals surface area contributed by atoms with Crippen LogP contribution in [0.15, 0.2) is 24.3 Å². The largest absolute Gasteiger partial charge is 0.472 e. The highest BCUT2D eigenvalue weighted by Gasteiger charge is 2.26. The number of unbranched alkanes of at least 4 members (excludes halogenated alkanes) is 20. The molecule has 49 heavy (non-hydrogen) atoms. The average molecular weight is 719 g/mol. The first kappa shape index (κ1) is 47.9. The number of rotatable bonds is 38. The number of carbonyl (C=O) groups is 1. The Labute approximate surface area is 300 Å². The molecule has 290 valence electrons. The van der Waals surface area contributed by atoms with E-state index in [0.29, 0.717) is 13.0 Å². The number of phosphoric acid groups is 1. The van der Waals surface area contributed by atoms with Crippen molar-refractivity contribution in [2.24, 2.45) is 0 Å². The van der Waals surface area contributed by atoms with Crippen LogP contribution in [0.2, 0.25) is 0 Å². The van der Waals surface area contributed by atoms with Crippen LogP contribution in [0.3, 0.4) is 0 Å². The Morgan fingerprint density at radius 2 is 1.10 bits per heavy atom. The summed E-state index contributed by atoms with van der Waals surface area (Å²) in [4.78, 5) is 22.5. The molecule has 3 atom stereocenters. The molecule has 0 rings (SSSR count). The molecule has 0 aromatic heterocycles. The molecule has 0 saturated carbocycles. The van der Waals surface area contributed by atoms with Gasteiger partial charge in [-0.05, 0) is 44.9 Å². The van der Waals surface area contributed by atoms with Crippen molar-refractivity contribution in [3.63, 3.8) is 0 Å². The maximum atomic E-state index is 12.6. The van der Waals surface area contributed by atoms with Crippen molar-refractivity contribution >= 4 is 13.8 Å². The molecule has 0 aromatic carbocycles. The lowest BCUT2D eigenvalue weighted by atomic mass is 10.0. The molecule has 0 aliphatic rings. The van der Waals surface area contributed by atoms with E-state index in [1.165, 1.54) is 96.3 Å². The zero-order chi connectivity index (χ0) is 36.1. The van der Waals surface area contributed by atoms with Crippen molar-refractivity contribution < 1.29 is 43.0 Å². The minimum Gasteiger partial charge on any atom is -0.457 e. The molecular weight excluding hydrogens is 643 g/mol. The summed E-state index contributed by atoms with van der Waals surface area (Å²) < 4.78 is 33.2. The summed E-state index contributed by atoms with van der Waals surface area (Å²) >= 11 is 0. The molecule has 0 aromatic rings. The SMILES string of the molecule is CCCCC/C=C\C/C=C\CCCCCCCC(=O)OC(COCCCCCCCCCCCCCCC)COP(=O)(O)OCC(O)CO. The van der Waals surface area contributed by atoms with Gasteiger partial charge in [0.1, 0.15) is 12.2 Å². The van der Waals surface area contributed by atoms with Crippen molar-refractivity contribution in [2.45, 2.75) is 187 Å². The Bertz CT molecular complexity index is 820. The molecule has 0 saturated heterocycles. The fraction of sp³-hybridized carbons (Fsp3) is 0.872. The van der Waals surface area contributed by atoms with Crippen LogP contribution >= 0.6 is 7.82 Å². The third-order valence-corrected chi connectivity index (χ3v) is 9.34. The number of ether oxygens (including phenoxy) is 2. The van der Waals surface area contributed by atoms with Gasteiger partial charge in [0, 0.05) is 13.0 Å². The smallest absolute Gasteiger partial charge is 0.457 e. The number of hydrogen-bond donors (Lipinski definition) is 3. The van der Waals surface area contributed by atoms with Gasteiger partial charge >= 0.3 is 13.8 Å².